The van der Waals surface area contributed by atoms with Gasteiger partial charge in [-0.25, -0.2) is 4.98 Å². The van der Waals surface area contributed by atoms with Crippen LogP contribution < -0.4 is 11.3 Å². The van der Waals surface area contributed by atoms with Gasteiger partial charge in [0.2, 0.25) is 5.95 Å². The van der Waals surface area contributed by atoms with Crippen molar-refractivity contribution in [2.24, 2.45) is 0 Å². The van der Waals surface area contributed by atoms with Crippen LogP contribution in [0.2, 0.25) is 0 Å². The molecule has 0 saturated carbocycles. The number of aliphatic hydroxyl groups is 1. The molecule has 0 fully saturated rings. The standard InChI is InChI=1S/C10H16N5O6P/c11-10-13-8-7(9(17)14-10)12-5-15(8)1-2-21-6(3-16)4-22(18,19)20/h5-6,16H,1-4H2,(H2,18,19,20)(H3,11,13,14,17). The van der Waals surface area contributed by atoms with E-state index < -0.39 is 32.0 Å². The van der Waals surface area contributed by atoms with Gasteiger partial charge in [0, 0.05) is 6.54 Å². The molecule has 2 heterocycles. The third-order valence-electron chi connectivity index (χ3n) is 2.82. The molecule has 1 unspecified atom stereocenters. The Balaban J connectivity index is 2.03. The van der Waals surface area contributed by atoms with Gasteiger partial charge in [-0.15, -0.1) is 0 Å². The lowest BCUT2D eigenvalue weighted by Gasteiger charge is -2.16. The molecule has 11 nitrogen and oxygen atoms in total. The van der Waals surface area contributed by atoms with Gasteiger partial charge in [-0.1, -0.05) is 0 Å². The highest BCUT2D eigenvalue weighted by Crippen LogP contribution is 2.35. The molecule has 12 heteroatoms. The quantitative estimate of drug-likeness (QED) is 0.368. The van der Waals surface area contributed by atoms with Gasteiger partial charge in [0.15, 0.2) is 11.2 Å². The molecule has 0 spiro atoms. The van der Waals surface area contributed by atoms with E-state index in [4.69, 9.17) is 25.4 Å². The van der Waals surface area contributed by atoms with E-state index in [-0.39, 0.29) is 30.3 Å². The van der Waals surface area contributed by atoms with E-state index in [1.54, 1.807) is 0 Å². The predicted octanol–water partition coefficient (Wildman–Crippen LogP) is -1.74. The van der Waals surface area contributed by atoms with Crippen LogP contribution in [0.15, 0.2) is 11.1 Å². The normalized spacial score (nSPS) is 13.6. The smallest absolute Gasteiger partial charge is 0.328 e. The Morgan fingerprint density at radius 2 is 2.23 bits per heavy atom. The number of nitrogens with zero attached hydrogens (tertiary/aromatic N) is 3. The highest BCUT2D eigenvalue weighted by molar-refractivity contribution is 7.51. The van der Waals surface area contributed by atoms with Crippen LogP contribution in [0.1, 0.15) is 0 Å². The molecular formula is C10H16N5O6P. The Morgan fingerprint density at radius 1 is 1.50 bits per heavy atom. The van der Waals surface area contributed by atoms with Gasteiger partial charge >= 0.3 is 7.60 Å². The molecule has 122 valence electrons. The first-order chi connectivity index (χ1) is 10.3. The molecule has 0 amide bonds. The molecule has 0 aliphatic heterocycles. The molecule has 0 saturated heterocycles. The Morgan fingerprint density at radius 3 is 2.86 bits per heavy atom. The largest absolute Gasteiger partial charge is 0.394 e. The number of hydrogen-bond donors (Lipinski definition) is 5. The lowest BCUT2D eigenvalue weighted by molar-refractivity contribution is 0.0208. The minimum Gasteiger partial charge on any atom is -0.394 e. The molecular weight excluding hydrogens is 317 g/mol. The summed E-state index contributed by atoms with van der Waals surface area (Å²) in [5, 5.41) is 9.03. The van der Waals surface area contributed by atoms with Gasteiger partial charge in [-0.05, 0) is 0 Å². The third-order valence-corrected chi connectivity index (χ3v) is 3.71. The van der Waals surface area contributed by atoms with Crippen LogP contribution in [0.5, 0.6) is 0 Å². The summed E-state index contributed by atoms with van der Waals surface area (Å²) in [5.74, 6) is -0.0464. The summed E-state index contributed by atoms with van der Waals surface area (Å²) in [5.41, 5.74) is 5.41. The zero-order valence-electron chi connectivity index (χ0n) is 11.4. The fourth-order valence-electron chi connectivity index (χ4n) is 1.88. The molecule has 0 bridgehead atoms. The molecule has 6 N–H and O–H groups in total. The summed E-state index contributed by atoms with van der Waals surface area (Å²) in [4.78, 5) is 39.5. The van der Waals surface area contributed by atoms with Gasteiger partial charge in [0.1, 0.15) is 0 Å². The number of hydrogen-bond acceptors (Lipinski definition) is 7. The molecule has 0 aliphatic carbocycles. The van der Waals surface area contributed by atoms with Crippen LogP contribution in [0, 0.1) is 0 Å². The van der Waals surface area contributed by atoms with E-state index in [0.717, 1.165) is 0 Å². The van der Waals surface area contributed by atoms with Crippen LogP contribution in [-0.4, -0.2) is 59.9 Å². The molecule has 1 atom stereocenters. The van der Waals surface area contributed by atoms with Crippen LogP contribution >= 0.6 is 7.60 Å². The first kappa shape index (κ1) is 16.6. The first-order valence-electron chi connectivity index (χ1n) is 6.28. The summed E-state index contributed by atoms with van der Waals surface area (Å²) >= 11 is 0. The van der Waals surface area contributed by atoms with Crippen molar-refractivity contribution in [3.8, 4) is 0 Å². The van der Waals surface area contributed by atoms with Crippen molar-refractivity contribution < 1.29 is 24.2 Å². The van der Waals surface area contributed by atoms with E-state index in [2.05, 4.69) is 15.0 Å². The zero-order chi connectivity index (χ0) is 16.3. The topological polar surface area (TPSA) is 177 Å². The SMILES string of the molecule is Nc1nc2c(ncn2CCOC(CO)CP(=O)(O)O)c(=O)[nH]1. The molecule has 0 aromatic carbocycles. The Bertz CT molecular complexity index is 752. The Kier molecular flexibility index (Phi) is 4.94. The molecule has 22 heavy (non-hydrogen) atoms. The number of aromatic nitrogens is 4. The van der Waals surface area contributed by atoms with Gasteiger partial charge < -0.3 is 29.9 Å². The second-order valence-electron chi connectivity index (χ2n) is 4.58. The van der Waals surface area contributed by atoms with E-state index in [0.29, 0.717) is 0 Å². The van der Waals surface area contributed by atoms with Crippen LogP contribution in [0.3, 0.4) is 0 Å². The number of imidazole rings is 1. The zero-order valence-corrected chi connectivity index (χ0v) is 12.3. The summed E-state index contributed by atoms with van der Waals surface area (Å²) in [6, 6.07) is 0. The fraction of sp³-hybridized carbons (Fsp3) is 0.500. The molecule has 2 rings (SSSR count). The van der Waals surface area contributed by atoms with E-state index >= 15 is 0 Å². The van der Waals surface area contributed by atoms with Crippen LogP contribution in [-0.2, 0) is 15.8 Å². The van der Waals surface area contributed by atoms with Gasteiger partial charge in [-0.3, -0.25) is 14.3 Å². The number of nitrogens with one attached hydrogen (secondary N) is 1. The van der Waals surface area contributed by atoms with Crippen molar-refractivity contribution in [1.82, 2.24) is 19.5 Å². The van der Waals surface area contributed by atoms with Crippen molar-refractivity contribution in [3.05, 3.63) is 16.7 Å². The predicted molar refractivity (Wildman–Crippen MR) is 76.3 cm³/mol. The lowest BCUT2D eigenvalue weighted by Crippen LogP contribution is -2.24. The lowest BCUT2D eigenvalue weighted by atomic mass is 10.4. The number of anilines is 1. The maximum Gasteiger partial charge on any atom is 0.328 e. The van der Waals surface area contributed by atoms with Gasteiger partial charge in [-0.2, -0.15) is 4.98 Å². The summed E-state index contributed by atoms with van der Waals surface area (Å²) in [6.45, 7) is -0.240. The van der Waals surface area contributed by atoms with Gasteiger partial charge in [0.25, 0.3) is 5.56 Å². The van der Waals surface area contributed by atoms with Crippen molar-refractivity contribution in [3.63, 3.8) is 0 Å². The monoisotopic (exact) mass is 333 g/mol. The average molecular weight is 333 g/mol. The van der Waals surface area contributed by atoms with E-state index in [1.165, 1.54) is 10.9 Å². The number of nitrogen functional groups attached to an aromatic ring is 1. The number of aromatic amines is 1. The second kappa shape index (κ2) is 6.55. The summed E-state index contributed by atoms with van der Waals surface area (Å²) in [7, 11) is -4.27. The van der Waals surface area contributed by atoms with E-state index in [1.807, 2.05) is 0 Å². The highest BCUT2D eigenvalue weighted by atomic mass is 31.2. The van der Waals surface area contributed by atoms with E-state index in [9.17, 15) is 9.36 Å². The number of aliphatic hydroxyl groups excluding tert-OH is 1. The van der Waals surface area contributed by atoms with Crippen molar-refractivity contribution in [2.75, 3.05) is 25.1 Å². The van der Waals surface area contributed by atoms with Gasteiger partial charge in [0.05, 0.1) is 31.8 Å². The summed E-state index contributed by atoms with van der Waals surface area (Å²) in [6.07, 6.45) is -0.164. The number of H-pyrrole nitrogens is 1. The summed E-state index contributed by atoms with van der Waals surface area (Å²) < 4.78 is 17.6. The average Bonchev–Trinajstić information content (AvgIpc) is 2.79. The van der Waals surface area contributed by atoms with Crippen molar-refractivity contribution >= 4 is 24.7 Å². The maximum absolute atomic E-state index is 11.6. The maximum atomic E-state index is 11.6. The molecule has 2 aromatic heterocycles. The van der Waals surface area contributed by atoms with Crippen LogP contribution in [0.25, 0.3) is 11.2 Å². The second-order valence-corrected chi connectivity index (χ2v) is 6.28. The fourth-order valence-corrected chi connectivity index (χ4v) is 2.63. The Labute approximate surface area is 123 Å². The third kappa shape index (κ3) is 4.12. The molecule has 0 radical (unpaired) electrons. The highest BCUT2D eigenvalue weighted by Gasteiger charge is 2.21. The Hall–Kier alpha value is -1.78. The minimum atomic E-state index is -4.27. The number of rotatable bonds is 7. The first-order valence-corrected chi connectivity index (χ1v) is 8.07. The molecule has 0 aliphatic rings. The number of nitrogens with two attached hydrogens (primary N) is 1. The molecule has 2 aromatic rings. The van der Waals surface area contributed by atoms with Crippen molar-refractivity contribution in [2.45, 2.75) is 12.6 Å². The number of ether oxygens (including phenoxy) is 1. The van der Waals surface area contributed by atoms with Crippen molar-refractivity contribution in [1.29, 1.82) is 0 Å². The van der Waals surface area contributed by atoms with Crippen LogP contribution in [0.4, 0.5) is 5.95 Å². The minimum absolute atomic E-state index is 0.0464. The number of fused-ring (bicyclic) bond motifs is 1.